The van der Waals surface area contributed by atoms with Crippen molar-refractivity contribution in [1.29, 1.82) is 0 Å². The van der Waals surface area contributed by atoms with Gasteiger partial charge in [-0.2, -0.15) is 0 Å². The molecule has 0 spiro atoms. The molecule has 2 N–H and O–H groups in total. The van der Waals surface area contributed by atoms with Crippen LogP contribution in [-0.4, -0.2) is 18.5 Å². The Morgan fingerprint density at radius 3 is 2.71 bits per heavy atom. The van der Waals surface area contributed by atoms with Gasteiger partial charge in [0.2, 0.25) is 5.91 Å². The number of benzene rings is 1. The molecule has 0 aliphatic heterocycles. The van der Waals surface area contributed by atoms with Crippen molar-refractivity contribution in [3.63, 3.8) is 0 Å². The monoisotopic (exact) mass is 254 g/mol. The molecular formula is C13H19ClN2O. The summed E-state index contributed by atoms with van der Waals surface area (Å²) in [5.41, 5.74) is 1.05. The van der Waals surface area contributed by atoms with Crippen LogP contribution in [0, 0.1) is 0 Å². The van der Waals surface area contributed by atoms with E-state index in [0.29, 0.717) is 19.5 Å². The molecule has 1 rings (SSSR count). The highest BCUT2D eigenvalue weighted by Crippen LogP contribution is 2.13. The molecule has 0 atom stereocenters. The first-order chi connectivity index (χ1) is 8.09. The molecule has 1 aromatic rings. The quantitative estimate of drug-likeness (QED) is 0.765. The molecule has 3 nitrogen and oxygen atoms in total. The minimum Gasteiger partial charge on any atom is -0.354 e. The number of hydrogen-bond acceptors (Lipinski definition) is 2. The van der Waals surface area contributed by atoms with Gasteiger partial charge in [-0.25, -0.2) is 0 Å². The lowest BCUT2D eigenvalue weighted by Crippen LogP contribution is -2.32. The van der Waals surface area contributed by atoms with Crippen LogP contribution in [0.1, 0.15) is 25.8 Å². The van der Waals surface area contributed by atoms with Crippen LogP contribution in [0.3, 0.4) is 0 Å². The number of amides is 1. The van der Waals surface area contributed by atoms with Gasteiger partial charge < -0.3 is 10.6 Å². The Hall–Kier alpha value is -1.06. The zero-order chi connectivity index (χ0) is 12.7. The summed E-state index contributed by atoms with van der Waals surface area (Å²) in [6.07, 6.45) is 0.489. The van der Waals surface area contributed by atoms with Gasteiger partial charge in [0.05, 0.1) is 0 Å². The number of nitrogens with one attached hydrogen (secondary N) is 2. The van der Waals surface area contributed by atoms with Crippen molar-refractivity contribution in [2.75, 3.05) is 6.54 Å². The summed E-state index contributed by atoms with van der Waals surface area (Å²) in [5.74, 6) is 0.0756. The molecule has 94 valence electrons. The van der Waals surface area contributed by atoms with Gasteiger partial charge in [-0.1, -0.05) is 29.8 Å². The van der Waals surface area contributed by atoms with Crippen LogP contribution in [0.15, 0.2) is 24.3 Å². The molecular weight excluding hydrogens is 236 g/mol. The van der Waals surface area contributed by atoms with Crippen LogP contribution in [-0.2, 0) is 11.3 Å². The SMILES string of the molecule is CC(C)NC(=O)CCNCc1ccccc1Cl. The second kappa shape index (κ2) is 7.30. The van der Waals surface area contributed by atoms with Crippen LogP contribution in [0.25, 0.3) is 0 Å². The van der Waals surface area contributed by atoms with Gasteiger partial charge in [0, 0.05) is 30.6 Å². The Morgan fingerprint density at radius 2 is 2.06 bits per heavy atom. The van der Waals surface area contributed by atoms with E-state index in [1.165, 1.54) is 0 Å². The number of rotatable bonds is 6. The van der Waals surface area contributed by atoms with Crippen LogP contribution >= 0.6 is 11.6 Å². The fourth-order valence-electron chi connectivity index (χ4n) is 1.46. The largest absolute Gasteiger partial charge is 0.354 e. The molecule has 1 amide bonds. The van der Waals surface area contributed by atoms with Crippen molar-refractivity contribution >= 4 is 17.5 Å². The van der Waals surface area contributed by atoms with E-state index < -0.39 is 0 Å². The van der Waals surface area contributed by atoms with Crippen molar-refractivity contribution in [2.45, 2.75) is 32.9 Å². The predicted octanol–water partition coefficient (Wildman–Crippen LogP) is 2.34. The molecule has 0 saturated heterocycles. The minimum atomic E-state index is 0.0756. The Bertz CT molecular complexity index is 366. The van der Waals surface area contributed by atoms with Crippen molar-refractivity contribution in [1.82, 2.24) is 10.6 Å². The summed E-state index contributed by atoms with van der Waals surface area (Å²) < 4.78 is 0. The van der Waals surface area contributed by atoms with Gasteiger partial charge in [-0.15, -0.1) is 0 Å². The molecule has 0 fully saturated rings. The third-order valence-corrected chi connectivity index (χ3v) is 2.62. The summed E-state index contributed by atoms with van der Waals surface area (Å²) in [6.45, 7) is 5.25. The second-order valence-corrected chi connectivity index (χ2v) is 4.65. The molecule has 0 aromatic heterocycles. The number of carbonyl (C=O) groups excluding carboxylic acids is 1. The topological polar surface area (TPSA) is 41.1 Å². The van der Waals surface area contributed by atoms with E-state index in [1.807, 2.05) is 38.1 Å². The van der Waals surface area contributed by atoms with E-state index in [0.717, 1.165) is 10.6 Å². The lowest BCUT2D eigenvalue weighted by Gasteiger charge is -2.09. The zero-order valence-electron chi connectivity index (χ0n) is 10.3. The van der Waals surface area contributed by atoms with Crippen LogP contribution in [0.4, 0.5) is 0 Å². The van der Waals surface area contributed by atoms with Crippen LogP contribution < -0.4 is 10.6 Å². The fourth-order valence-corrected chi connectivity index (χ4v) is 1.66. The molecule has 0 saturated carbocycles. The van der Waals surface area contributed by atoms with Crippen molar-refractivity contribution in [3.05, 3.63) is 34.9 Å². The van der Waals surface area contributed by atoms with Crippen molar-refractivity contribution < 1.29 is 4.79 Å². The Balaban J connectivity index is 2.21. The standard InChI is InChI=1S/C13H19ClN2O/c1-10(2)16-13(17)7-8-15-9-11-5-3-4-6-12(11)14/h3-6,10,15H,7-9H2,1-2H3,(H,16,17). The van der Waals surface area contributed by atoms with Gasteiger partial charge in [-0.3, -0.25) is 4.79 Å². The Labute approximate surface area is 108 Å². The average Bonchev–Trinajstić information content (AvgIpc) is 2.25. The van der Waals surface area contributed by atoms with Gasteiger partial charge >= 0.3 is 0 Å². The molecule has 0 radical (unpaired) electrons. The van der Waals surface area contributed by atoms with E-state index >= 15 is 0 Å². The molecule has 1 aromatic carbocycles. The number of carbonyl (C=O) groups is 1. The third-order valence-electron chi connectivity index (χ3n) is 2.25. The maximum atomic E-state index is 11.4. The number of hydrogen-bond donors (Lipinski definition) is 2. The summed E-state index contributed by atoms with van der Waals surface area (Å²) in [6, 6.07) is 7.90. The summed E-state index contributed by atoms with van der Waals surface area (Å²) in [4.78, 5) is 11.4. The first-order valence-corrected chi connectivity index (χ1v) is 6.21. The highest BCUT2D eigenvalue weighted by atomic mass is 35.5. The molecule has 17 heavy (non-hydrogen) atoms. The van der Waals surface area contributed by atoms with Gasteiger partial charge in [0.1, 0.15) is 0 Å². The van der Waals surface area contributed by atoms with E-state index in [2.05, 4.69) is 10.6 Å². The lowest BCUT2D eigenvalue weighted by atomic mass is 10.2. The molecule has 0 aliphatic carbocycles. The highest BCUT2D eigenvalue weighted by molar-refractivity contribution is 6.31. The fraction of sp³-hybridized carbons (Fsp3) is 0.462. The molecule has 4 heteroatoms. The Kier molecular flexibility index (Phi) is 6.01. The summed E-state index contributed by atoms with van der Waals surface area (Å²) in [7, 11) is 0. The van der Waals surface area contributed by atoms with Gasteiger partial charge in [-0.05, 0) is 25.5 Å². The minimum absolute atomic E-state index is 0.0756. The maximum Gasteiger partial charge on any atom is 0.221 e. The van der Waals surface area contributed by atoms with Crippen molar-refractivity contribution in [3.8, 4) is 0 Å². The summed E-state index contributed by atoms with van der Waals surface area (Å²) in [5, 5.41) is 6.81. The second-order valence-electron chi connectivity index (χ2n) is 4.24. The normalized spacial score (nSPS) is 10.6. The predicted molar refractivity (Wildman–Crippen MR) is 71.1 cm³/mol. The molecule has 0 aliphatic rings. The molecule has 0 bridgehead atoms. The van der Waals surface area contributed by atoms with Gasteiger partial charge in [0.15, 0.2) is 0 Å². The average molecular weight is 255 g/mol. The Morgan fingerprint density at radius 1 is 1.35 bits per heavy atom. The zero-order valence-corrected chi connectivity index (χ0v) is 11.1. The number of halogens is 1. The maximum absolute atomic E-state index is 11.4. The first-order valence-electron chi connectivity index (χ1n) is 5.83. The highest BCUT2D eigenvalue weighted by Gasteiger charge is 2.03. The molecule has 0 unspecified atom stereocenters. The van der Waals surface area contributed by atoms with E-state index in [-0.39, 0.29) is 11.9 Å². The van der Waals surface area contributed by atoms with E-state index in [1.54, 1.807) is 0 Å². The van der Waals surface area contributed by atoms with E-state index in [9.17, 15) is 4.79 Å². The summed E-state index contributed by atoms with van der Waals surface area (Å²) >= 11 is 6.02. The van der Waals surface area contributed by atoms with Crippen LogP contribution in [0.2, 0.25) is 5.02 Å². The van der Waals surface area contributed by atoms with E-state index in [4.69, 9.17) is 11.6 Å². The van der Waals surface area contributed by atoms with Gasteiger partial charge in [0.25, 0.3) is 0 Å². The smallest absolute Gasteiger partial charge is 0.221 e. The van der Waals surface area contributed by atoms with Crippen molar-refractivity contribution in [2.24, 2.45) is 0 Å². The molecule has 0 heterocycles. The van der Waals surface area contributed by atoms with Crippen LogP contribution in [0.5, 0.6) is 0 Å². The first kappa shape index (κ1) is 14.0. The third kappa shape index (κ3) is 5.71. The lowest BCUT2D eigenvalue weighted by molar-refractivity contribution is -0.121.